The summed E-state index contributed by atoms with van der Waals surface area (Å²) in [6.07, 6.45) is 0.289. The van der Waals surface area contributed by atoms with E-state index in [-0.39, 0.29) is 12.4 Å². The number of esters is 1. The number of carbonyl (C=O) groups excluding carboxylic acids is 1. The van der Waals surface area contributed by atoms with Gasteiger partial charge >= 0.3 is 5.97 Å². The van der Waals surface area contributed by atoms with E-state index in [0.29, 0.717) is 5.02 Å². The molecular weight excluding hydrogens is 262 g/mol. The topological polar surface area (TPSA) is 38.3 Å². The molecular formula is C15H14ClNO2. The smallest absolute Gasteiger partial charge is 0.309 e. The second kappa shape index (κ2) is 6.25. The van der Waals surface area contributed by atoms with Crippen LogP contribution in [0, 0.1) is 0 Å². The van der Waals surface area contributed by atoms with Crippen molar-refractivity contribution in [3.8, 4) is 0 Å². The summed E-state index contributed by atoms with van der Waals surface area (Å²) in [5.41, 5.74) is 2.84. The van der Waals surface area contributed by atoms with E-state index >= 15 is 0 Å². The molecule has 0 bridgehead atoms. The van der Waals surface area contributed by atoms with Gasteiger partial charge in [0.15, 0.2) is 0 Å². The molecule has 0 spiro atoms. The molecule has 0 aromatic heterocycles. The Labute approximate surface area is 117 Å². The van der Waals surface area contributed by atoms with E-state index in [1.165, 1.54) is 7.11 Å². The van der Waals surface area contributed by atoms with Gasteiger partial charge in [-0.3, -0.25) is 4.79 Å². The maximum atomic E-state index is 11.1. The third kappa shape index (κ3) is 4.00. The van der Waals surface area contributed by atoms with E-state index in [1.807, 2.05) is 48.5 Å². The van der Waals surface area contributed by atoms with Gasteiger partial charge in [-0.05, 0) is 42.0 Å². The molecule has 19 heavy (non-hydrogen) atoms. The molecule has 2 aromatic carbocycles. The Morgan fingerprint density at radius 1 is 1.05 bits per heavy atom. The number of benzene rings is 2. The molecule has 0 unspecified atom stereocenters. The minimum absolute atomic E-state index is 0.238. The van der Waals surface area contributed by atoms with E-state index in [2.05, 4.69) is 10.1 Å². The summed E-state index contributed by atoms with van der Waals surface area (Å²) in [6, 6.07) is 15.1. The molecule has 0 atom stereocenters. The van der Waals surface area contributed by atoms with Crippen LogP contribution in [-0.4, -0.2) is 13.1 Å². The van der Waals surface area contributed by atoms with E-state index in [4.69, 9.17) is 11.6 Å². The van der Waals surface area contributed by atoms with Crippen LogP contribution in [-0.2, 0) is 16.0 Å². The molecule has 0 saturated heterocycles. The first-order valence-electron chi connectivity index (χ1n) is 5.86. The monoisotopic (exact) mass is 275 g/mol. The molecule has 4 heteroatoms. The van der Waals surface area contributed by atoms with Crippen molar-refractivity contribution >= 4 is 28.9 Å². The highest BCUT2D eigenvalue weighted by Gasteiger charge is 2.02. The van der Waals surface area contributed by atoms with Crippen molar-refractivity contribution in [2.45, 2.75) is 6.42 Å². The number of ether oxygens (including phenoxy) is 1. The molecule has 98 valence electrons. The standard InChI is InChI=1S/C15H14ClNO2/c1-19-15(18)10-11-2-6-13(7-3-11)17-14-8-4-12(16)5-9-14/h2-9,17H,10H2,1H3. The first kappa shape index (κ1) is 13.4. The van der Waals surface area contributed by atoms with Gasteiger partial charge in [0, 0.05) is 16.4 Å². The van der Waals surface area contributed by atoms with Crippen LogP contribution in [0.1, 0.15) is 5.56 Å². The third-order valence-corrected chi connectivity index (χ3v) is 2.91. The number of hydrogen-bond acceptors (Lipinski definition) is 3. The minimum atomic E-state index is -0.238. The van der Waals surface area contributed by atoms with Gasteiger partial charge in [-0.2, -0.15) is 0 Å². The highest BCUT2D eigenvalue weighted by atomic mass is 35.5. The number of rotatable bonds is 4. The lowest BCUT2D eigenvalue weighted by molar-refractivity contribution is -0.139. The molecule has 0 radical (unpaired) electrons. The largest absolute Gasteiger partial charge is 0.469 e. The number of carbonyl (C=O) groups is 1. The fraction of sp³-hybridized carbons (Fsp3) is 0.133. The van der Waals surface area contributed by atoms with E-state index in [0.717, 1.165) is 16.9 Å². The lowest BCUT2D eigenvalue weighted by Crippen LogP contribution is -2.04. The van der Waals surface area contributed by atoms with Crippen molar-refractivity contribution in [3.63, 3.8) is 0 Å². The van der Waals surface area contributed by atoms with Crippen molar-refractivity contribution < 1.29 is 9.53 Å². The quantitative estimate of drug-likeness (QED) is 0.863. The van der Waals surface area contributed by atoms with Gasteiger partial charge in [-0.15, -0.1) is 0 Å². The summed E-state index contributed by atoms with van der Waals surface area (Å²) in [5, 5.41) is 3.96. The Bertz CT molecular complexity index is 549. The zero-order valence-corrected chi connectivity index (χ0v) is 11.3. The fourth-order valence-electron chi connectivity index (χ4n) is 1.64. The molecule has 2 aromatic rings. The summed E-state index contributed by atoms with van der Waals surface area (Å²) in [5.74, 6) is -0.238. The SMILES string of the molecule is COC(=O)Cc1ccc(Nc2ccc(Cl)cc2)cc1. The molecule has 0 aliphatic heterocycles. The van der Waals surface area contributed by atoms with Crippen LogP contribution in [0.25, 0.3) is 0 Å². The normalized spacial score (nSPS) is 10.0. The first-order chi connectivity index (χ1) is 9.17. The number of hydrogen-bond donors (Lipinski definition) is 1. The van der Waals surface area contributed by atoms with Crippen molar-refractivity contribution in [2.75, 3.05) is 12.4 Å². The lowest BCUT2D eigenvalue weighted by atomic mass is 10.1. The van der Waals surface area contributed by atoms with Crippen LogP contribution in [0.5, 0.6) is 0 Å². The average molecular weight is 276 g/mol. The number of halogens is 1. The van der Waals surface area contributed by atoms with Crippen LogP contribution in [0.4, 0.5) is 11.4 Å². The summed E-state index contributed by atoms with van der Waals surface area (Å²) >= 11 is 5.83. The van der Waals surface area contributed by atoms with Gasteiger partial charge in [0.2, 0.25) is 0 Å². The Balaban J connectivity index is 2.02. The molecule has 0 aliphatic carbocycles. The maximum Gasteiger partial charge on any atom is 0.309 e. The zero-order valence-electron chi connectivity index (χ0n) is 10.5. The molecule has 1 N–H and O–H groups in total. The molecule has 0 heterocycles. The molecule has 2 rings (SSSR count). The Morgan fingerprint density at radius 3 is 2.11 bits per heavy atom. The predicted molar refractivity (Wildman–Crippen MR) is 76.9 cm³/mol. The summed E-state index contributed by atoms with van der Waals surface area (Å²) in [4.78, 5) is 11.1. The van der Waals surface area contributed by atoms with Crippen LogP contribution < -0.4 is 5.32 Å². The van der Waals surface area contributed by atoms with Crippen molar-refractivity contribution in [2.24, 2.45) is 0 Å². The summed E-state index contributed by atoms with van der Waals surface area (Å²) < 4.78 is 4.62. The molecule has 0 saturated carbocycles. The van der Waals surface area contributed by atoms with Crippen LogP contribution >= 0.6 is 11.6 Å². The summed E-state index contributed by atoms with van der Waals surface area (Å²) in [6.45, 7) is 0. The van der Waals surface area contributed by atoms with Crippen molar-refractivity contribution in [1.29, 1.82) is 0 Å². The lowest BCUT2D eigenvalue weighted by Gasteiger charge is -2.07. The van der Waals surface area contributed by atoms with Gasteiger partial charge < -0.3 is 10.1 Å². The van der Waals surface area contributed by atoms with Crippen molar-refractivity contribution in [3.05, 3.63) is 59.1 Å². The highest BCUT2D eigenvalue weighted by molar-refractivity contribution is 6.30. The second-order valence-corrected chi connectivity index (χ2v) is 4.52. The summed E-state index contributed by atoms with van der Waals surface area (Å²) in [7, 11) is 1.39. The molecule has 0 fully saturated rings. The number of methoxy groups -OCH3 is 1. The van der Waals surface area contributed by atoms with E-state index < -0.39 is 0 Å². The van der Waals surface area contributed by atoms with Crippen LogP contribution in [0.15, 0.2) is 48.5 Å². The van der Waals surface area contributed by atoms with Crippen LogP contribution in [0.2, 0.25) is 5.02 Å². The average Bonchev–Trinajstić information content (AvgIpc) is 2.43. The molecule has 0 aliphatic rings. The van der Waals surface area contributed by atoms with Gasteiger partial charge in [0.25, 0.3) is 0 Å². The fourth-order valence-corrected chi connectivity index (χ4v) is 1.77. The molecule has 0 amide bonds. The maximum absolute atomic E-state index is 11.1. The van der Waals surface area contributed by atoms with Gasteiger partial charge in [-0.25, -0.2) is 0 Å². The highest BCUT2D eigenvalue weighted by Crippen LogP contribution is 2.19. The Morgan fingerprint density at radius 2 is 1.58 bits per heavy atom. The second-order valence-electron chi connectivity index (χ2n) is 4.08. The zero-order chi connectivity index (χ0) is 13.7. The van der Waals surface area contributed by atoms with Crippen LogP contribution in [0.3, 0.4) is 0 Å². The van der Waals surface area contributed by atoms with E-state index in [9.17, 15) is 4.79 Å². The molecule has 3 nitrogen and oxygen atoms in total. The third-order valence-electron chi connectivity index (χ3n) is 2.66. The Hall–Kier alpha value is -2.00. The van der Waals surface area contributed by atoms with E-state index in [1.54, 1.807) is 0 Å². The van der Waals surface area contributed by atoms with Gasteiger partial charge in [-0.1, -0.05) is 23.7 Å². The number of nitrogens with one attached hydrogen (secondary N) is 1. The predicted octanol–water partition coefficient (Wildman–Crippen LogP) is 3.80. The van der Waals surface area contributed by atoms with Crippen molar-refractivity contribution in [1.82, 2.24) is 0 Å². The van der Waals surface area contributed by atoms with Gasteiger partial charge in [0.05, 0.1) is 13.5 Å². The Kier molecular flexibility index (Phi) is 4.42. The first-order valence-corrected chi connectivity index (χ1v) is 6.23. The van der Waals surface area contributed by atoms with Gasteiger partial charge in [0.1, 0.15) is 0 Å². The minimum Gasteiger partial charge on any atom is -0.469 e. The number of anilines is 2.